The van der Waals surface area contributed by atoms with Crippen LogP contribution >= 0.6 is 11.3 Å². The van der Waals surface area contributed by atoms with Crippen molar-refractivity contribution in [1.82, 2.24) is 0 Å². The van der Waals surface area contributed by atoms with E-state index in [-0.39, 0.29) is 0 Å². The standard InChI is InChI=1S/C13H23SSi.3C4H9.Sn/c1-5-6-7-8-9-12-10-11-14-13(12)15(2,3)4;3*1-3-4-2;/h10H,5-9H2,1-4H3;3*1,3-4H2,2H3;. The molecule has 0 atom stereocenters. The SMILES string of the molecule is CCCCCCc1c[c]([Sn]([CH2]CCC)([CH2]CCC)[CH2]CCC)sc1[Si](C)(C)C. The van der Waals surface area contributed by atoms with Gasteiger partial charge in [0.15, 0.2) is 0 Å². The molecule has 1 aromatic rings. The summed E-state index contributed by atoms with van der Waals surface area (Å²) in [5.41, 5.74) is 1.79. The van der Waals surface area contributed by atoms with Crippen LogP contribution in [0.5, 0.6) is 0 Å². The molecule has 0 amide bonds. The second kappa shape index (κ2) is 13.9. The van der Waals surface area contributed by atoms with Crippen LogP contribution in [0.3, 0.4) is 0 Å². The Morgan fingerprint density at radius 1 is 0.714 bits per heavy atom. The van der Waals surface area contributed by atoms with E-state index in [0.717, 1.165) is 0 Å². The molecule has 0 N–H and O–H groups in total. The molecule has 0 nitrogen and oxygen atoms in total. The van der Waals surface area contributed by atoms with Crippen LogP contribution in [0.4, 0.5) is 0 Å². The normalized spacial score (nSPS) is 12.7. The third kappa shape index (κ3) is 8.45. The molecule has 3 heteroatoms. The van der Waals surface area contributed by atoms with Gasteiger partial charge in [-0.05, 0) is 0 Å². The summed E-state index contributed by atoms with van der Waals surface area (Å²) in [7, 11) is -1.25. The van der Waals surface area contributed by atoms with Gasteiger partial charge in [-0.2, -0.15) is 0 Å². The maximum atomic E-state index is 2.81. The molecule has 0 fully saturated rings. The summed E-state index contributed by atoms with van der Waals surface area (Å²) in [4.78, 5) is 0. The average molecular weight is 530 g/mol. The quantitative estimate of drug-likeness (QED) is 0.149. The molecule has 0 saturated carbocycles. The first kappa shape index (κ1) is 26.8. The number of hydrogen-bond acceptors (Lipinski definition) is 1. The molecule has 0 radical (unpaired) electrons. The minimum atomic E-state index is -2.26. The summed E-state index contributed by atoms with van der Waals surface area (Å²) < 4.78 is 8.70. The van der Waals surface area contributed by atoms with Gasteiger partial charge in [-0.15, -0.1) is 0 Å². The van der Waals surface area contributed by atoms with Crippen LogP contribution in [0.15, 0.2) is 6.07 Å². The molecule has 0 unspecified atom stereocenters. The summed E-state index contributed by atoms with van der Waals surface area (Å²) in [5, 5.41) is 0. The molecule has 0 saturated heterocycles. The van der Waals surface area contributed by atoms with Gasteiger partial charge in [0.1, 0.15) is 0 Å². The molecular formula is C25H50SSiSn. The maximum absolute atomic E-state index is 2.81. The van der Waals surface area contributed by atoms with E-state index in [1.807, 2.05) is 7.39 Å². The number of aryl methyl sites for hydroxylation is 1. The Kier molecular flexibility index (Phi) is 13.3. The van der Waals surface area contributed by atoms with E-state index in [4.69, 9.17) is 0 Å². The Balaban J connectivity index is 3.26. The summed E-state index contributed by atoms with van der Waals surface area (Å²) in [6.45, 7) is 17.3. The first-order chi connectivity index (χ1) is 13.3. The molecule has 1 aromatic heterocycles. The number of hydrogen-bond donors (Lipinski definition) is 0. The average Bonchev–Trinajstić information content (AvgIpc) is 3.10. The van der Waals surface area contributed by atoms with Crippen LogP contribution in [0, 0.1) is 0 Å². The van der Waals surface area contributed by atoms with E-state index in [2.05, 4.69) is 64.7 Å². The molecule has 0 aliphatic heterocycles. The Labute approximate surface area is 187 Å². The molecule has 28 heavy (non-hydrogen) atoms. The van der Waals surface area contributed by atoms with E-state index >= 15 is 0 Å². The van der Waals surface area contributed by atoms with Crippen molar-refractivity contribution in [1.29, 1.82) is 0 Å². The van der Waals surface area contributed by atoms with Gasteiger partial charge >= 0.3 is 188 Å². The van der Waals surface area contributed by atoms with E-state index in [1.165, 1.54) is 70.6 Å². The molecule has 1 rings (SSSR count). The van der Waals surface area contributed by atoms with Crippen LogP contribution in [0.1, 0.15) is 97.5 Å². The fraction of sp³-hybridized carbons (Fsp3) is 0.840. The Bertz CT molecular complexity index is 507. The number of thiophene rings is 1. The summed E-state index contributed by atoms with van der Waals surface area (Å²) >= 11 is 0.0851. The molecule has 0 aromatic carbocycles. The predicted molar refractivity (Wildman–Crippen MR) is 140 cm³/mol. The van der Waals surface area contributed by atoms with Crippen molar-refractivity contribution in [2.45, 2.75) is 131 Å². The van der Waals surface area contributed by atoms with Crippen molar-refractivity contribution in [3.8, 4) is 0 Å². The van der Waals surface area contributed by atoms with Crippen molar-refractivity contribution in [3.05, 3.63) is 11.6 Å². The zero-order valence-electron chi connectivity index (χ0n) is 20.4. The van der Waals surface area contributed by atoms with Crippen LogP contribution in [-0.4, -0.2) is 26.5 Å². The van der Waals surface area contributed by atoms with Crippen molar-refractivity contribution >= 4 is 45.2 Å². The van der Waals surface area contributed by atoms with E-state index in [1.54, 1.807) is 18.9 Å². The van der Waals surface area contributed by atoms with Crippen LogP contribution in [0.25, 0.3) is 0 Å². The van der Waals surface area contributed by atoms with Crippen molar-refractivity contribution in [2.24, 2.45) is 0 Å². The van der Waals surface area contributed by atoms with Gasteiger partial charge in [0, 0.05) is 0 Å². The summed E-state index contributed by atoms with van der Waals surface area (Å²) in [6, 6.07) is 2.81. The van der Waals surface area contributed by atoms with Crippen molar-refractivity contribution < 1.29 is 0 Å². The third-order valence-corrected chi connectivity index (χ3v) is 29.4. The summed E-state index contributed by atoms with van der Waals surface area (Å²) in [5.74, 6) is 0. The Hall–Kier alpha value is 0.716. The minimum absolute atomic E-state index is 1.25. The third-order valence-electron chi connectivity index (χ3n) is 6.34. The van der Waals surface area contributed by atoms with Gasteiger partial charge in [0.25, 0.3) is 0 Å². The Morgan fingerprint density at radius 2 is 1.21 bits per heavy atom. The van der Waals surface area contributed by atoms with E-state index in [0.29, 0.717) is 0 Å². The predicted octanol–water partition coefficient (Wildman–Crippen LogP) is 8.47. The first-order valence-corrected chi connectivity index (χ1v) is 24.3. The first-order valence-electron chi connectivity index (χ1n) is 12.5. The number of rotatable bonds is 16. The second-order valence-electron chi connectivity index (χ2n) is 10.1. The molecule has 164 valence electrons. The van der Waals surface area contributed by atoms with Gasteiger partial charge in [0.2, 0.25) is 0 Å². The number of unbranched alkanes of at least 4 members (excludes halogenated alkanes) is 6. The van der Waals surface area contributed by atoms with Crippen molar-refractivity contribution in [2.75, 3.05) is 0 Å². The van der Waals surface area contributed by atoms with Crippen LogP contribution in [0.2, 0.25) is 33.0 Å². The monoisotopic (exact) mass is 530 g/mol. The fourth-order valence-corrected chi connectivity index (χ4v) is 28.3. The molecular weight excluding hydrogens is 479 g/mol. The van der Waals surface area contributed by atoms with Gasteiger partial charge in [-0.3, -0.25) is 0 Å². The van der Waals surface area contributed by atoms with E-state index < -0.39 is 26.5 Å². The molecule has 0 aliphatic carbocycles. The molecule has 0 aliphatic rings. The van der Waals surface area contributed by atoms with Gasteiger partial charge in [-0.1, -0.05) is 0 Å². The second-order valence-corrected chi connectivity index (χ2v) is 30.7. The van der Waals surface area contributed by atoms with Gasteiger partial charge in [0.05, 0.1) is 0 Å². The topological polar surface area (TPSA) is 0 Å². The zero-order chi connectivity index (χ0) is 21.0. The van der Waals surface area contributed by atoms with Crippen molar-refractivity contribution in [3.63, 3.8) is 0 Å². The van der Waals surface area contributed by atoms with Gasteiger partial charge in [-0.25, -0.2) is 0 Å². The van der Waals surface area contributed by atoms with Gasteiger partial charge < -0.3 is 0 Å². The summed E-state index contributed by atoms with van der Waals surface area (Å²) in [6.07, 6.45) is 15.5. The zero-order valence-corrected chi connectivity index (χ0v) is 25.1. The molecule has 1 heterocycles. The van der Waals surface area contributed by atoms with Crippen LogP contribution < -0.4 is 7.39 Å². The van der Waals surface area contributed by atoms with Crippen LogP contribution in [-0.2, 0) is 6.42 Å². The van der Waals surface area contributed by atoms with E-state index in [9.17, 15) is 0 Å². The fourth-order valence-electron chi connectivity index (χ4n) is 4.54. The Morgan fingerprint density at radius 3 is 1.64 bits per heavy atom. The molecule has 0 spiro atoms. The molecule has 0 bridgehead atoms.